The Bertz CT molecular complexity index is 552. The molecule has 0 aromatic heterocycles. The summed E-state index contributed by atoms with van der Waals surface area (Å²) < 4.78 is 11.7. The molecule has 0 unspecified atom stereocenters. The largest absolute Gasteiger partial charge is 0.632 e. The monoisotopic (exact) mass is 224 g/mol. The van der Waals surface area contributed by atoms with Crippen LogP contribution in [0.3, 0.4) is 0 Å². The molecule has 2 aromatic carbocycles. The van der Waals surface area contributed by atoms with Crippen molar-refractivity contribution in [2.75, 3.05) is 0 Å². The summed E-state index contributed by atoms with van der Waals surface area (Å²) in [5.41, 5.74) is 3.36. The third-order valence-corrected chi connectivity index (χ3v) is 2.92. The molecule has 0 amide bonds. The first-order chi connectivity index (χ1) is 8.24. The molecule has 3 rings (SSSR count). The van der Waals surface area contributed by atoms with Gasteiger partial charge >= 0.3 is 7.12 Å². The average Bonchev–Trinajstić information content (AvgIpc) is 2.74. The summed E-state index contributed by atoms with van der Waals surface area (Å²) >= 11 is 0. The highest BCUT2D eigenvalue weighted by molar-refractivity contribution is 6.63. The van der Waals surface area contributed by atoms with E-state index in [1.54, 1.807) is 0 Å². The maximum Gasteiger partial charge on any atom is 0.632 e. The molecule has 1 heterocycles. The van der Waals surface area contributed by atoms with E-state index in [2.05, 4.69) is 13.0 Å². The van der Waals surface area contributed by atoms with Gasteiger partial charge in [0.2, 0.25) is 0 Å². The summed E-state index contributed by atoms with van der Waals surface area (Å²) in [5, 5.41) is 0. The first kappa shape index (κ1) is 10.3. The first-order valence-electron chi connectivity index (χ1n) is 5.73. The van der Waals surface area contributed by atoms with Crippen molar-refractivity contribution in [2.24, 2.45) is 0 Å². The first-order valence-corrected chi connectivity index (χ1v) is 5.73. The maximum atomic E-state index is 5.86. The van der Waals surface area contributed by atoms with Crippen molar-refractivity contribution in [2.45, 2.75) is 13.8 Å². The van der Waals surface area contributed by atoms with Gasteiger partial charge in [0.15, 0.2) is 0 Å². The number of fused-ring (bicyclic) bond motifs is 1. The highest BCUT2D eigenvalue weighted by atomic mass is 16.6. The van der Waals surface area contributed by atoms with Crippen LogP contribution in [-0.2, 0) is 0 Å². The topological polar surface area (TPSA) is 18.5 Å². The molecule has 84 valence electrons. The molecule has 2 aromatic rings. The van der Waals surface area contributed by atoms with Gasteiger partial charge in [0.05, 0.1) is 0 Å². The third-order valence-electron chi connectivity index (χ3n) is 2.92. The predicted octanol–water partition coefficient (Wildman–Crippen LogP) is 2.47. The Labute approximate surface area is 101 Å². The van der Waals surface area contributed by atoms with Crippen molar-refractivity contribution in [1.29, 1.82) is 0 Å². The molecule has 0 saturated carbocycles. The van der Waals surface area contributed by atoms with Gasteiger partial charge < -0.3 is 9.31 Å². The molecule has 0 fully saturated rings. The fourth-order valence-electron chi connectivity index (χ4n) is 2.15. The van der Waals surface area contributed by atoms with Gasteiger partial charge in [-0.15, -0.1) is 0 Å². The number of benzene rings is 2. The zero-order valence-electron chi connectivity index (χ0n) is 9.94. The molecule has 0 spiro atoms. The summed E-state index contributed by atoms with van der Waals surface area (Å²) in [6.07, 6.45) is 0. The third kappa shape index (κ3) is 1.78. The molecule has 0 aliphatic carbocycles. The molecule has 3 heteroatoms. The molecule has 0 N–H and O–H groups in total. The smallest absolute Gasteiger partial charge is 0.519 e. The van der Waals surface area contributed by atoms with Crippen molar-refractivity contribution in [3.05, 3.63) is 53.6 Å². The fourth-order valence-corrected chi connectivity index (χ4v) is 2.15. The Morgan fingerprint density at radius 1 is 0.941 bits per heavy atom. The second-order valence-corrected chi connectivity index (χ2v) is 4.39. The Balaban J connectivity index is 1.96. The van der Waals surface area contributed by atoms with Crippen LogP contribution in [0.25, 0.3) is 0 Å². The van der Waals surface area contributed by atoms with E-state index < -0.39 is 0 Å². The average molecular weight is 224 g/mol. The molecule has 0 bridgehead atoms. The van der Waals surface area contributed by atoms with E-state index in [0.717, 1.165) is 22.5 Å². The molecular weight excluding hydrogens is 211 g/mol. The Hall–Kier alpha value is -1.90. The molecule has 17 heavy (non-hydrogen) atoms. The second-order valence-electron chi connectivity index (χ2n) is 4.39. The molecule has 0 saturated heterocycles. The highest BCUT2D eigenvalue weighted by Crippen LogP contribution is 2.37. The van der Waals surface area contributed by atoms with E-state index in [0.29, 0.717) is 0 Å². The van der Waals surface area contributed by atoms with Crippen molar-refractivity contribution in [3.8, 4) is 11.5 Å². The fraction of sp³-hybridized carbons (Fsp3) is 0.143. The van der Waals surface area contributed by atoms with Gasteiger partial charge in [0.25, 0.3) is 0 Å². The quantitative estimate of drug-likeness (QED) is 0.692. The lowest BCUT2D eigenvalue weighted by Gasteiger charge is -2.04. The van der Waals surface area contributed by atoms with Gasteiger partial charge in [-0.2, -0.15) is 0 Å². The highest BCUT2D eigenvalue weighted by Gasteiger charge is 2.34. The van der Waals surface area contributed by atoms with Crippen molar-refractivity contribution >= 4 is 12.6 Å². The zero-order valence-corrected chi connectivity index (χ0v) is 9.94. The van der Waals surface area contributed by atoms with Crippen LogP contribution in [0.2, 0.25) is 0 Å². The van der Waals surface area contributed by atoms with Crippen molar-refractivity contribution < 1.29 is 9.31 Å². The minimum absolute atomic E-state index is 0.313. The molecular formula is C14H13BO2. The van der Waals surface area contributed by atoms with Gasteiger partial charge in [0, 0.05) is 5.46 Å². The number of hydrogen-bond donors (Lipinski definition) is 0. The SMILES string of the molecule is Cc1cc(C)c2c(c1)OB(c1ccccc1)O2. The molecule has 0 atom stereocenters. The predicted molar refractivity (Wildman–Crippen MR) is 69.0 cm³/mol. The van der Waals surface area contributed by atoms with Crippen LogP contribution in [0.4, 0.5) is 0 Å². The lowest BCUT2D eigenvalue weighted by atomic mass is 9.79. The standard InChI is InChI=1S/C14H13BO2/c1-10-8-11(2)14-13(9-10)16-15(17-14)12-6-4-3-5-7-12/h3-9H,1-2H3. The van der Waals surface area contributed by atoms with Crippen molar-refractivity contribution in [1.82, 2.24) is 0 Å². The van der Waals surface area contributed by atoms with Crippen molar-refractivity contribution in [3.63, 3.8) is 0 Å². The number of rotatable bonds is 1. The molecule has 1 aliphatic rings. The van der Waals surface area contributed by atoms with Crippen LogP contribution in [0.5, 0.6) is 11.5 Å². The van der Waals surface area contributed by atoms with Gasteiger partial charge in [-0.25, -0.2) is 0 Å². The summed E-state index contributed by atoms with van der Waals surface area (Å²) in [4.78, 5) is 0. The summed E-state index contributed by atoms with van der Waals surface area (Å²) in [6, 6.07) is 14.1. The zero-order chi connectivity index (χ0) is 11.8. The van der Waals surface area contributed by atoms with Gasteiger partial charge in [-0.1, -0.05) is 36.4 Å². The normalized spacial score (nSPS) is 12.9. The van der Waals surface area contributed by atoms with E-state index in [9.17, 15) is 0 Å². The van der Waals surface area contributed by atoms with Crippen LogP contribution in [0, 0.1) is 13.8 Å². The second kappa shape index (κ2) is 3.84. The van der Waals surface area contributed by atoms with E-state index in [-0.39, 0.29) is 7.12 Å². The van der Waals surface area contributed by atoms with Crippen LogP contribution in [-0.4, -0.2) is 7.12 Å². The lowest BCUT2D eigenvalue weighted by molar-refractivity contribution is 0.517. The van der Waals surface area contributed by atoms with Crippen LogP contribution in [0.15, 0.2) is 42.5 Å². The number of aryl methyl sites for hydroxylation is 2. The Morgan fingerprint density at radius 2 is 1.71 bits per heavy atom. The minimum Gasteiger partial charge on any atom is -0.519 e. The maximum absolute atomic E-state index is 5.86. The molecule has 2 nitrogen and oxygen atoms in total. The van der Waals surface area contributed by atoms with E-state index in [4.69, 9.17) is 9.31 Å². The Morgan fingerprint density at radius 3 is 2.47 bits per heavy atom. The van der Waals surface area contributed by atoms with E-state index in [1.807, 2.05) is 43.3 Å². The van der Waals surface area contributed by atoms with Gasteiger partial charge in [-0.3, -0.25) is 0 Å². The van der Waals surface area contributed by atoms with Gasteiger partial charge in [-0.05, 0) is 31.0 Å². The lowest BCUT2D eigenvalue weighted by Crippen LogP contribution is -2.38. The Kier molecular flexibility index (Phi) is 2.32. The summed E-state index contributed by atoms with van der Waals surface area (Å²) in [7, 11) is -0.313. The molecule has 0 radical (unpaired) electrons. The van der Waals surface area contributed by atoms with Crippen LogP contribution < -0.4 is 14.8 Å². The number of hydrogen-bond acceptors (Lipinski definition) is 2. The van der Waals surface area contributed by atoms with Crippen LogP contribution >= 0.6 is 0 Å². The molecule has 1 aliphatic heterocycles. The summed E-state index contributed by atoms with van der Waals surface area (Å²) in [6.45, 7) is 4.11. The van der Waals surface area contributed by atoms with E-state index in [1.165, 1.54) is 5.56 Å². The van der Waals surface area contributed by atoms with E-state index >= 15 is 0 Å². The summed E-state index contributed by atoms with van der Waals surface area (Å²) in [5.74, 6) is 1.71. The minimum atomic E-state index is -0.313. The van der Waals surface area contributed by atoms with Crippen LogP contribution in [0.1, 0.15) is 11.1 Å². The van der Waals surface area contributed by atoms with Gasteiger partial charge in [0.1, 0.15) is 11.5 Å².